The Morgan fingerprint density at radius 3 is 2.43 bits per heavy atom. The first-order valence-corrected chi connectivity index (χ1v) is 4.11. The molecule has 3 N–H and O–H groups in total. The number of rotatable bonds is 1. The third kappa shape index (κ3) is 2.33. The van der Waals surface area contributed by atoms with E-state index in [0.717, 1.165) is 12.1 Å². The molecule has 1 rings (SSSR count). The SMILES string of the molecule is N[C@@H](c1cc(S)ccc1O)C(F)(F)F. The molecule has 6 heteroatoms. The highest BCUT2D eigenvalue weighted by atomic mass is 32.1. The summed E-state index contributed by atoms with van der Waals surface area (Å²) in [6, 6.07) is 1.42. The first-order valence-electron chi connectivity index (χ1n) is 3.66. The molecule has 14 heavy (non-hydrogen) atoms. The number of phenolic OH excluding ortho intramolecular Hbond substituents is 1. The van der Waals surface area contributed by atoms with Crippen LogP contribution >= 0.6 is 12.6 Å². The van der Waals surface area contributed by atoms with Gasteiger partial charge in [-0.3, -0.25) is 0 Å². The zero-order chi connectivity index (χ0) is 10.9. The molecule has 0 heterocycles. The number of phenols is 1. The van der Waals surface area contributed by atoms with Gasteiger partial charge in [0.05, 0.1) is 0 Å². The lowest BCUT2D eigenvalue weighted by Crippen LogP contribution is -2.28. The van der Waals surface area contributed by atoms with E-state index in [1.54, 1.807) is 0 Å². The van der Waals surface area contributed by atoms with E-state index >= 15 is 0 Å². The second-order valence-corrected chi connectivity index (χ2v) is 3.28. The van der Waals surface area contributed by atoms with Gasteiger partial charge in [-0.1, -0.05) is 0 Å². The summed E-state index contributed by atoms with van der Waals surface area (Å²) in [4.78, 5) is 0.317. The number of alkyl halides is 3. The fourth-order valence-corrected chi connectivity index (χ4v) is 1.18. The summed E-state index contributed by atoms with van der Waals surface area (Å²) in [7, 11) is 0. The van der Waals surface area contributed by atoms with Crippen molar-refractivity contribution in [2.75, 3.05) is 0 Å². The van der Waals surface area contributed by atoms with Crippen LogP contribution in [-0.2, 0) is 0 Å². The lowest BCUT2D eigenvalue weighted by atomic mass is 10.1. The monoisotopic (exact) mass is 223 g/mol. The molecular formula is C8H8F3NOS. The van der Waals surface area contributed by atoms with Crippen LogP contribution in [0.15, 0.2) is 23.1 Å². The predicted octanol–water partition coefficient (Wildman–Crippen LogP) is 2.24. The fourth-order valence-electron chi connectivity index (χ4n) is 0.967. The molecule has 0 unspecified atom stereocenters. The largest absolute Gasteiger partial charge is 0.508 e. The standard InChI is InChI=1S/C8H8F3NOS/c9-8(10,11)7(12)5-3-4(14)1-2-6(5)13/h1-3,7,13-14H,12H2/t7-/m0/s1. The average molecular weight is 223 g/mol. The van der Waals surface area contributed by atoms with E-state index in [4.69, 9.17) is 10.8 Å². The highest BCUT2D eigenvalue weighted by Crippen LogP contribution is 2.35. The van der Waals surface area contributed by atoms with Crippen LogP contribution in [0.4, 0.5) is 13.2 Å². The lowest BCUT2D eigenvalue weighted by molar-refractivity contribution is -0.149. The van der Waals surface area contributed by atoms with Gasteiger partial charge in [0.15, 0.2) is 0 Å². The van der Waals surface area contributed by atoms with Crippen LogP contribution < -0.4 is 5.73 Å². The summed E-state index contributed by atoms with van der Waals surface area (Å²) in [6.07, 6.45) is -4.57. The van der Waals surface area contributed by atoms with Crippen LogP contribution in [0.25, 0.3) is 0 Å². The Kier molecular flexibility index (Phi) is 2.96. The van der Waals surface area contributed by atoms with Crippen molar-refractivity contribution in [2.45, 2.75) is 17.1 Å². The number of benzene rings is 1. The van der Waals surface area contributed by atoms with Crippen molar-refractivity contribution in [3.8, 4) is 5.75 Å². The minimum atomic E-state index is -4.57. The van der Waals surface area contributed by atoms with Gasteiger partial charge >= 0.3 is 6.18 Å². The summed E-state index contributed by atoms with van der Waals surface area (Å²) in [6.45, 7) is 0. The molecule has 2 nitrogen and oxygen atoms in total. The quantitative estimate of drug-likeness (QED) is 0.639. The molecule has 0 fully saturated rings. The molecule has 0 saturated carbocycles. The molecule has 0 aliphatic carbocycles. The normalized spacial score (nSPS) is 14.1. The molecule has 0 radical (unpaired) electrons. The molecule has 0 saturated heterocycles. The number of nitrogens with two attached hydrogens (primary N) is 1. The summed E-state index contributed by atoms with van der Waals surface area (Å²) in [5, 5.41) is 9.15. The number of thiol groups is 1. The van der Waals surface area contributed by atoms with Gasteiger partial charge < -0.3 is 10.8 Å². The number of halogens is 3. The Hall–Kier alpha value is -0.880. The topological polar surface area (TPSA) is 46.2 Å². The Bertz CT molecular complexity index is 340. The van der Waals surface area contributed by atoms with Gasteiger partial charge in [-0.2, -0.15) is 13.2 Å². The summed E-state index contributed by atoms with van der Waals surface area (Å²) < 4.78 is 36.6. The second-order valence-electron chi connectivity index (χ2n) is 2.76. The van der Waals surface area contributed by atoms with E-state index in [0.29, 0.717) is 4.90 Å². The summed E-state index contributed by atoms with van der Waals surface area (Å²) in [5.74, 6) is -0.479. The minimum absolute atomic E-state index is 0.317. The maximum absolute atomic E-state index is 12.2. The van der Waals surface area contributed by atoms with Crippen molar-refractivity contribution in [2.24, 2.45) is 5.73 Å². The van der Waals surface area contributed by atoms with E-state index in [2.05, 4.69) is 12.6 Å². The van der Waals surface area contributed by atoms with Gasteiger partial charge in [-0.25, -0.2) is 0 Å². The smallest absolute Gasteiger partial charge is 0.407 e. The van der Waals surface area contributed by atoms with E-state index in [1.165, 1.54) is 6.07 Å². The highest BCUT2D eigenvalue weighted by molar-refractivity contribution is 7.80. The molecule has 0 amide bonds. The maximum Gasteiger partial charge on any atom is 0.407 e. The van der Waals surface area contributed by atoms with Crippen LogP contribution in [0.2, 0.25) is 0 Å². The zero-order valence-corrected chi connectivity index (χ0v) is 7.81. The van der Waals surface area contributed by atoms with Crippen molar-refractivity contribution in [3.05, 3.63) is 23.8 Å². The molecule has 78 valence electrons. The van der Waals surface area contributed by atoms with Gasteiger partial charge in [0.2, 0.25) is 0 Å². The number of hydrogen-bond donors (Lipinski definition) is 3. The van der Waals surface area contributed by atoms with Crippen molar-refractivity contribution in [3.63, 3.8) is 0 Å². The first kappa shape index (κ1) is 11.2. The van der Waals surface area contributed by atoms with Crippen molar-refractivity contribution in [1.29, 1.82) is 0 Å². The van der Waals surface area contributed by atoms with Crippen LogP contribution in [0.1, 0.15) is 11.6 Å². The van der Waals surface area contributed by atoms with Gasteiger partial charge in [0, 0.05) is 10.5 Å². The maximum atomic E-state index is 12.2. The molecule has 1 atom stereocenters. The van der Waals surface area contributed by atoms with Crippen molar-refractivity contribution < 1.29 is 18.3 Å². The summed E-state index contributed by atoms with van der Waals surface area (Å²) in [5.41, 5.74) is 4.55. The highest BCUT2D eigenvalue weighted by Gasteiger charge is 2.39. The molecule has 1 aromatic carbocycles. The van der Waals surface area contributed by atoms with E-state index in [9.17, 15) is 13.2 Å². The van der Waals surface area contributed by atoms with Gasteiger partial charge in [-0.05, 0) is 18.2 Å². The minimum Gasteiger partial charge on any atom is -0.508 e. The molecule has 0 spiro atoms. The molecule has 0 bridgehead atoms. The van der Waals surface area contributed by atoms with Crippen LogP contribution in [-0.4, -0.2) is 11.3 Å². The fraction of sp³-hybridized carbons (Fsp3) is 0.250. The van der Waals surface area contributed by atoms with Gasteiger partial charge in [-0.15, -0.1) is 12.6 Å². The molecule has 0 aliphatic rings. The average Bonchev–Trinajstić information content (AvgIpc) is 2.06. The molecule has 0 aliphatic heterocycles. The van der Waals surface area contributed by atoms with Crippen LogP contribution in [0.3, 0.4) is 0 Å². The third-order valence-electron chi connectivity index (χ3n) is 1.70. The van der Waals surface area contributed by atoms with Crippen LogP contribution in [0.5, 0.6) is 5.75 Å². The number of hydrogen-bond acceptors (Lipinski definition) is 3. The predicted molar refractivity (Wildman–Crippen MR) is 48.3 cm³/mol. The Balaban J connectivity index is 3.12. The number of aromatic hydroxyl groups is 1. The zero-order valence-electron chi connectivity index (χ0n) is 6.92. The van der Waals surface area contributed by atoms with Crippen molar-refractivity contribution in [1.82, 2.24) is 0 Å². The molecule has 1 aromatic rings. The second kappa shape index (κ2) is 3.70. The summed E-state index contributed by atoms with van der Waals surface area (Å²) >= 11 is 3.86. The van der Waals surface area contributed by atoms with Crippen molar-refractivity contribution >= 4 is 12.6 Å². The van der Waals surface area contributed by atoms with E-state index in [-0.39, 0.29) is 5.56 Å². The van der Waals surface area contributed by atoms with Gasteiger partial charge in [0.25, 0.3) is 0 Å². The Morgan fingerprint density at radius 2 is 1.93 bits per heavy atom. The van der Waals surface area contributed by atoms with E-state index < -0.39 is 18.0 Å². The van der Waals surface area contributed by atoms with Crippen LogP contribution in [0, 0.1) is 0 Å². The molecular weight excluding hydrogens is 215 g/mol. The Labute approximate surface area is 83.9 Å². The van der Waals surface area contributed by atoms with Gasteiger partial charge in [0.1, 0.15) is 11.8 Å². The Morgan fingerprint density at radius 1 is 1.36 bits per heavy atom. The lowest BCUT2D eigenvalue weighted by Gasteiger charge is -2.17. The molecule has 0 aromatic heterocycles. The first-order chi connectivity index (χ1) is 6.32. The third-order valence-corrected chi connectivity index (χ3v) is 1.98. The van der Waals surface area contributed by atoms with E-state index in [1.807, 2.05) is 0 Å².